The third-order valence-corrected chi connectivity index (χ3v) is 1.65. The molecule has 1 aromatic carbocycles. The average molecular weight is 224 g/mol. The Morgan fingerprint density at radius 1 is 1.23 bits per heavy atom. The van der Waals surface area contributed by atoms with Gasteiger partial charge >= 0.3 is 51.4 Å². The van der Waals surface area contributed by atoms with Gasteiger partial charge in [-0.25, -0.2) is 0 Å². The van der Waals surface area contributed by atoms with Gasteiger partial charge in [0, 0.05) is 0 Å². The molecule has 0 aliphatic carbocycles. The van der Waals surface area contributed by atoms with Crippen molar-refractivity contribution in [2.75, 3.05) is 5.94 Å². The van der Waals surface area contributed by atoms with Gasteiger partial charge in [0.25, 0.3) is 0 Å². The van der Waals surface area contributed by atoms with E-state index < -0.39 is 10.7 Å². The van der Waals surface area contributed by atoms with Crippen molar-refractivity contribution in [1.82, 2.24) is 0 Å². The van der Waals surface area contributed by atoms with Crippen molar-refractivity contribution >= 4 is 10.7 Å². The zero-order valence-electron chi connectivity index (χ0n) is 7.65. The van der Waals surface area contributed by atoms with Crippen LogP contribution in [0.15, 0.2) is 24.3 Å². The Hall–Kier alpha value is 0.606. The SMILES string of the molecule is Cc1ccc(OC[S-](=O)=O)cc1.[K+]. The number of hydrogen-bond acceptors (Lipinski definition) is 4. The van der Waals surface area contributed by atoms with Gasteiger partial charge in [0.05, 0.1) is 5.94 Å². The van der Waals surface area contributed by atoms with Crippen molar-refractivity contribution < 1.29 is 64.5 Å². The second-order valence-electron chi connectivity index (χ2n) is 2.38. The Morgan fingerprint density at radius 3 is 2.23 bits per heavy atom. The molecule has 0 atom stereocenters. The first-order chi connectivity index (χ1) is 5.68. The topological polar surface area (TPSA) is 43.4 Å². The van der Waals surface area contributed by atoms with Gasteiger partial charge in [-0.05, 0) is 29.8 Å². The molecule has 0 saturated heterocycles. The van der Waals surface area contributed by atoms with Gasteiger partial charge in [-0.15, -0.1) is 0 Å². The quantitative estimate of drug-likeness (QED) is 0.471. The molecule has 66 valence electrons. The van der Waals surface area contributed by atoms with Crippen molar-refractivity contribution in [3.8, 4) is 5.75 Å². The predicted molar refractivity (Wildman–Crippen MR) is 45.4 cm³/mol. The van der Waals surface area contributed by atoms with Crippen LogP contribution in [0, 0.1) is 6.92 Å². The zero-order valence-corrected chi connectivity index (χ0v) is 11.6. The second-order valence-corrected chi connectivity index (χ2v) is 3.22. The van der Waals surface area contributed by atoms with Crippen LogP contribution in [-0.2, 0) is 19.1 Å². The molecule has 0 heterocycles. The van der Waals surface area contributed by atoms with Crippen LogP contribution in [0.3, 0.4) is 0 Å². The Kier molecular flexibility index (Phi) is 7.30. The van der Waals surface area contributed by atoms with Crippen LogP contribution in [-0.4, -0.2) is 5.94 Å². The van der Waals surface area contributed by atoms with Crippen molar-refractivity contribution in [2.24, 2.45) is 0 Å². The summed E-state index contributed by atoms with van der Waals surface area (Å²) in [6, 6.07) is 7.20. The molecular weight excluding hydrogens is 215 g/mol. The Labute approximate surface area is 122 Å². The predicted octanol–water partition coefficient (Wildman–Crippen LogP) is -1.36. The van der Waals surface area contributed by atoms with Crippen LogP contribution in [0.2, 0.25) is 0 Å². The number of hydrogen-bond donors (Lipinski definition) is 0. The van der Waals surface area contributed by atoms with E-state index in [4.69, 9.17) is 4.74 Å². The van der Waals surface area contributed by atoms with Gasteiger partial charge in [-0.2, -0.15) is 0 Å². The smallest absolute Gasteiger partial charge is 0.510 e. The van der Waals surface area contributed by atoms with Crippen molar-refractivity contribution in [3.05, 3.63) is 29.8 Å². The van der Waals surface area contributed by atoms with Crippen LogP contribution in [0.5, 0.6) is 5.75 Å². The van der Waals surface area contributed by atoms with Crippen molar-refractivity contribution in [3.63, 3.8) is 0 Å². The van der Waals surface area contributed by atoms with E-state index in [-0.39, 0.29) is 57.3 Å². The molecule has 0 bridgehead atoms. The molecule has 3 nitrogen and oxygen atoms in total. The zero-order chi connectivity index (χ0) is 8.97. The monoisotopic (exact) mass is 224 g/mol. The van der Waals surface area contributed by atoms with Crippen LogP contribution in [0.25, 0.3) is 0 Å². The minimum atomic E-state index is -2.14. The maximum absolute atomic E-state index is 10.1. The molecule has 1 rings (SSSR count). The van der Waals surface area contributed by atoms with Crippen LogP contribution in [0.1, 0.15) is 5.56 Å². The maximum atomic E-state index is 10.1. The summed E-state index contributed by atoms with van der Waals surface area (Å²) in [5.41, 5.74) is 1.12. The first-order valence-electron chi connectivity index (χ1n) is 3.44. The maximum Gasteiger partial charge on any atom is 1.00 e. The molecule has 0 saturated carbocycles. The molecule has 13 heavy (non-hydrogen) atoms. The molecule has 0 radical (unpaired) electrons. The summed E-state index contributed by atoms with van der Waals surface area (Å²) in [6.45, 7) is 1.95. The third-order valence-electron chi connectivity index (χ3n) is 1.34. The fraction of sp³-hybridized carbons (Fsp3) is 0.250. The van der Waals surface area contributed by atoms with Gasteiger partial charge in [-0.1, -0.05) is 17.7 Å². The summed E-state index contributed by atoms with van der Waals surface area (Å²) < 4.78 is 25.1. The molecule has 0 amide bonds. The molecule has 0 aromatic heterocycles. The number of rotatable bonds is 3. The normalized spacial score (nSPS) is 9.38. The van der Waals surface area contributed by atoms with Gasteiger partial charge in [-0.3, -0.25) is 0 Å². The van der Waals surface area contributed by atoms with Crippen LogP contribution in [0.4, 0.5) is 0 Å². The van der Waals surface area contributed by atoms with E-state index in [9.17, 15) is 8.42 Å². The number of aryl methyl sites for hydroxylation is 1. The summed E-state index contributed by atoms with van der Waals surface area (Å²) in [4.78, 5) is 0. The Morgan fingerprint density at radius 2 is 1.77 bits per heavy atom. The molecule has 1 aromatic rings. The molecule has 0 spiro atoms. The summed E-state index contributed by atoms with van der Waals surface area (Å²) in [6.07, 6.45) is 0. The molecule has 5 heteroatoms. The average Bonchev–Trinajstić information content (AvgIpc) is 2.03. The number of benzene rings is 1. The van der Waals surface area contributed by atoms with E-state index in [1.807, 2.05) is 19.1 Å². The van der Waals surface area contributed by atoms with Gasteiger partial charge in [0.15, 0.2) is 0 Å². The molecule has 0 aliphatic heterocycles. The molecular formula is C8H9KO3S. The summed E-state index contributed by atoms with van der Waals surface area (Å²) >= 11 is 0. The molecule has 0 unspecified atom stereocenters. The summed E-state index contributed by atoms with van der Waals surface area (Å²) in [5, 5.41) is 0. The fourth-order valence-corrected chi connectivity index (χ4v) is 0.983. The van der Waals surface area contributed by atoms with Gasteiger partial charge < -0.3 is 13.2 Å². The molecule has 0 aliphatic rings. The molecule has 0 N–H and O–H groups in total. The minimum Gasteiger partial charge on any atom is -0.510 e. The van der Waals surface area contributed by atoms with E-state index in [0.717, 1.165) is 5.56 Å². The van der Waals surface area contributed by atoms with Crippen LogP contribution >= 0.6 is 0 Å². The van der Waals surface area contributed by atoms with E-state index in [0.29, 0.717) is 5.75 Å². The first kappa shape index (κ1) is 13.6. The van der Waals surface area contributed by atoms with Crippen molar-refractivity contribution in [1.29, 1.82) is 0 Å². The third kappa shape index (κ3) is 5.82. The minimum absolute atomic E-state index is 0. The van der Waals surface area contributed by atoms with E-state index in [2.05, 4.69) is 0 Å². The molecule has 0 fully saturated rings. The standard InChI is InChI=1S/C8H9O3S.K/c1-7-2-4-8(5-3-7)11-6-12(9)10;/h2-5H,6H2,1H3;/q-1;+1. The Balaban J connectivity index is 0.00000144. The van der Waals surface area contributed by atoms with Crippen LogP contribution < -0.4 is 56.1 Å². The number of ether oxygens (including phenoxy) is 1. The Bertz CT molecular complexity index is 311. The second kappa shape index (κ2) is 6.97. The van der Waals surface area contributed by atoms with E-state index in [1.165, 1.54) is 0 Å². The van der Waals surface area contributed by atoms with E-state index in [1.54, 1.807) is 12.1 Å². The fourth-order valence-electron chi connectivity index (χ4n) is 0.751. The van der Waals surface area contributed by atoms with Gasteiger partial charge in [0.1, 0.15) is 5.75 Å². The summed E-state index contributed by atoms with van der Waals surface area (Å²) in [5.74, 6) is 0.285. The first-order valence-corrected chi connectivity index (χ1v) is 4.68. The van der Waals surface area contributed by atoms with Crippen molar-refractivity contribution in [2.45, 2.75) is 6.92 Å². The largest absolute Gasteiger partial charge is 1.00 e. The van der Waals surface area contributed by atoms with E-state index >= 15 is 0 Å². The van der Waals surface area contributed by atoms with Gasteiger partial charge in [0.2, 0.25) is 0 Å². The summed E-state index contributed by atoms with van der Waals surface area (Å²) in [7, 11) is -2.14.